The normalized spacial score (nSPS) is 20.4. The molecule has 0 radical (unpaired) electrons. The molecule has 122 valence electrons. The summed E-state index contributed by atoms with van der Waals surface area (Å²) in [7, 11) is 2.47. The Kier molecular flexibility index (Phi) is 5.38. The minimum atomic E-state index is -0.871. The van der Waals surface area contributed by atoms with Crippen molar-refractivity contribution in [3.8, 4) is 0 Å². The van der Waals surface area contributed by atoms with E-state index in [0.717, 1.165) is 0 Å². The van der Waals surface area contributed by atoms with E-state index in [4.69, 9.17) is 32.7 Å². The number of ether oxygens (including phenoxy) is 2. The lowest BCUT2D eigenvalue weighted by Crippen LogP contribution is -2.40. The molecule has 23 heavy (non-hydrogen) atoms. The molecule has 2 unspecified atom stereocenters. The number of esters is 2. The van der Waals surface area contributed by atoms with E-state index in [2.05, 4.69) is 10.2 Å². The number of methoxy groups -OCH3 is 2. The molecule has 2 rings (SSSR count). The van der Waals surface area contributed by atoms with Gasteiger partial charge >= 0.3 is 11.9 Å². The molecule has 1 heterocycles. The highest BCUT2D eigenvalue weighted by Gasteiger charge is 2.43. The number of hydrogen-bond acceptors (Lipinski definition) is 6. The largest absolute Gasteiger partial charge is 0.468 e. The molecule has 0 saturated carbocycles. The fourth-order valence-electron chi connectivity index (χ4n) is 2.47. The number of halogens is 2. The summed E-state index contributed by atoms with van der Waals surface area (Å²) in [4.78, 5) is 24.3. The van der Waals surface area contributed by atoms with Gasteiger partial charge in [0.05, 0.1) is 25.8 Å². The van der Waals surface area contributed by atoms with E-state index in [1.54, 1.807) is 25.1 Å². The maximum Gasteiger partial charge on any atom is 0.354 e. The zero-order valence-corrected chi connectivity index (χ0v) is 14.2. The van der Waals surface area contributed by atoms with Crippen molar-refractivity contribution in [1.82, 2.24) is 0 Å². The average Bonchev–Trinajstić information content (AvgIpc) is 2.53. The van der Waals surface area contributed by atoms with Crippen LogP contribution < -0.4 is 0 Å². The zero-order valence-electron chi connectivity index (χ0n) is 12.7. The Morgan fingerprint density at radius 2 is 1.70 bits per heavy atom. The molecule has 0 aliphatic carbocycles. The molecule has 0 bridgehead atoms. The molecule has 0 saturated heterocycles. The summed E-state index contributed by atoms with van der Waals surface area (Å²) in [5.74, 6) is -2.99. The van der Waals surface area contributed by atoms with Gasteiger partial charge in [-0.25, -0.2) is 4.79 Å². The van der Waals surface area contributed by atoms with Gasteiger partial charge in [0.15, 0.2) is 5.71 Å². The quantitative estimate of drug-likeness (QED) is 0.780. The van der Waals surface area contributed by atoms with Gasteiger partial charge in [-0.1, -0.05) is 29.3 Å². The zero-order chi connectivity index (χ0) is 17.1. The van der Waals surface area contributed by atoms with Crippen LogP contribution in [0.2, 0.25) is 10.0 Å². The number of carbonyl (C=O) groups excluding carboxylic acids is 2. The fraction of sp³-hybridized carbons (Fsp3) is 0.333. The predicted octanol–water partition coefficient (Wildman–Crippen LogP) is 2.87. The molecule has 1 aromatic rings. The lowest BCUT2D eigenvalue weighted by molar-refractivity contribution is -0.143. The highest BCUT2D eigenvalue weighted by atomic mass is 35.5. The highest BCUT2D eigenvalue weighted by Crippen LogP contribution is 2.39. The third kappa shape index (κ3) is 3.23. The van der Waals surface area contributed by atoms with E-state index in [1.165, 1.54) is 14.2 Å². The SMILES string of the molecule is COC(=O)C1=NN=C(C)C(C(=O)OC)C1c1c(Cl)cccc1Cl. The molecular weight excluding hydrogens is 343 g/mol. The van der Waals surface area contributed by atoms with Gasteiger partial charge in [0, 0.05) is 10.0 Å². The molecule has 2 atom stereocenters. The van der Waals surface area contributed by atoms with E-state index in [0.29, 0.717) is 21.3 Å². The molecule has 6 nitrogen and oxygen atoms in total. The van der Waals surface area contributed by atoms with Crippen LogP contribution in [0, 0.1) is 5.92 Å². The second kappa shape index (κ2) is 7.10. The lowest BCUT2D eigenvalue weighted by atomic mass is 9.79. The Hall–Kier alpha value is -1.92. The summed E-state index contributed by atoms with van der Waals surface area (Å²) >= 11 is 12.5. The van der Waals surface area contributed by atoms with Crippen molar-refractivity contribution in [2.45, 2.75) is 12.8 Å². The Labute approximate surface area is 143 Å². The molecule has 0 spiro atoms. The van der Waals surface area contributed by atoms with Crippen molar-refractivity contribution in [3.63, 3.8) is 0 Å². The molecule has 0 aromatic heterocycles. The summed E-state index contributed by atoms with van der Waals surface area (Å²) in [5, 5.41) is 8.39. The minimum Gasteiger partial charge on any atom is -0.468 e. The number of hydrogen-bond donors (Lipinski definition) is 0. The maximum absolute atomic E-state index is 12.2. The Bertz CT molecular complexity index is 695. The van der Waals surface area contributed by atoms with Gasteiger partial charge in [0.1, 0.15) is 5.92 Å². The van der Waals surface area contributed by atoms with Gasteiger partial charge < -0.3 is 9.47 Å². The predicted molar refractivity (Wildman–Crippen MR) is 87.3 cm³/mol. The first-order valence-electron chi connectivity index (χ1n) is 6.64. The molecule has 0 N–H and O–H groups in total. The number of nitrogens with zero attached hydrogens (tertiary/aromatic N) is 2. The van der Waals surface area contributed by atoms with Gasteiger partial charge in [0.2, 0.25) is 0 Å². The van der Waals surface area contributed by atoms with Crippen molar-refractivity contribution in [2.24, 2.45) is 16.1 Å². The highest BCUT2D eigenvalue weighted by molar-refractivity contribution is 6.43. The third-order valence-electron chi connectivity index (χ3n) is 3.55. The summed E-state index contributed by atoms with van der Waals surface area (Å²) in [5.41, 5.74) is 0.749. The number of rotatable bonds is 3. The first kappa shape index (κ1) is 17.4. The molecule has 1 aliphatic heterocycles. The summed E-state index contributed by atoms with van der Waals surface area (Å²) in [6, 6.07) is 4.90. The van der Waals surface area contributed by atoms with Crippen LogP contribution in [-0.4, -0.2) is 37.6 Å². The van der Waals surface area contributed by atoms with Gasteiger partial charge in [-0.15, -0.1) is 5.10 Å². The minimum absolute atomic E-state index is 0.0523. The van der Waals surface area contributed by atoms with Gasteiger partial charge in [0.25, 0.3) is 0 Å². The van der Waals surface area contributed by atoms with E-state index in [9.17, 15) is 9.59 Å². The van der Waals surface area contributed by atoms with Crippen LogP contribution in [0.5, 0.6) is 0 Å². The van der Waals surface area contributed by atoms with E-state index >= 15 is 0 Å². The maximum atomic E-state index is 12.2. The Balaban J connectivity index is 2.69. The molecule has 1 aliphatic rings. The van der Waals surface area contributed by atoms with E-state index < -0.39 is 23.8 Å². The van der Waals surface area contributed by atoms with Crippen LogP contribution in [0.15, 0.2) is 28.4 Å². The van der Waals surface area contributed by atoms with Crippen molar-refractivity contribution in [3.05, 3.63) is 33.8 Å². The number of benzene rings is 1. The van der Waals surface area contributed by atoms with E-state index in [-0.39, 0.29) is 5.71 Å². The molecule has 8 heteroatoms. The van der Waals surface area contributed by atoms with Gasteiger partial charge in [-0.3, -0.25) is 4.79 Å². The molecule has 1 aromatic carbocycles. The second-order valence-corrected chi connectivity index (χ2v) is 5.65. The van der Waals surface area contributed by atoms with Crippen molar-refractivity contribution in [2.75, 3.05) is 14.2 Å². The standard InChI is InChI=1S/C15H14Cl2N2O4/c1-7-10(14(20)22-2)12(13(19-18-7)15(21)23-3)11-8(16)5-4-6-9(11)17/h4-6,10,12H,1-3H3. The van der Waals surface area contributed by atoms with Crippen LogP contribution in [0.3, 0.4) is 0 Å². The van der Waals surface area contributed by atoms with Crippen LogP contribution >= 0.6 is 23.2 Å². The van der Waals surface area contributed by atoms with Gasteiger partial charge in [-0.05, 0) is 24.6 Å². The summed E-state index contributed by atoms with van der Waals surface area (Å²) in [6.45, 7) is 1.62. The van der Waals surface area contributed by atoms with Crippen LogP contribution in [0.4, 0.5) is 0 Å². The van der Waals surface area contributed by atoms with Crippen molar-refractivity contribution >= 4 is 46.6 Å². The Morgan fingerprint density at radius 3 is 2.22 bits per heavy atom. The average molecular weight is 357 g/mol. The number of carbonyl (C=O) groups is 2. The fourth-order valence-corrected chi connectivity index (χ4v) is 3.11. The third-order valence-corrected chi connectivity index (χ3v) is 4.21. The molecule has 0 amide bonds. The van der Waals surface area contributed by atoms with Gasteiger partial charge in [-0.2, -0.15) is 5.10 Å². The van der Waals surface area contributed by atoms with Crippen molar-refractivity contribution in [1.29, 1.82) is 0 Å². The first-order chi connectivity index (χ1) is 10.9. The van der Waals surface area contributed by atoms with Crippen LogP contribution in [-0.2, 0) is 19.1 Å². The lowest BCUT2D eigenvalue weighted by Gasteiger charge is -2.28. The smallest absolute Gasteiger partial charge is 0.354 e. The summed E-state index contributed by atoms with van der Waals surface area (Å²) < 4.78 is 9.58. The summed E-state index contributed by atoms with van der Waals surface area (Å²) in [6.07, 6.45) is 0. The monoisotopic (exact) mass is 356 g/mol. The van der Waals surface area contributed by atoms with Crippen LogP contribution in [0.1, 0.15) is 18.4 Å². The molecular formula is C15H14Cl2N2O4. The molecule has 0 fully saturated rings. The van der Waals surface area contributed by atoms with Crippen LogP contribution in [0.25, 0.3) is 0 Å². The van der Waals surface area contributed by atoms with E-state index in [1.807, 2.05) is 0 Å². The van der Waals surface area contributed by atoms with Crippen molar-refractivity contribution < 1.29 is 19.1 Å². The Morgan fingerprint density at radius 1 is 1.09 bits per heavy atom. The topological polar surface area (TPSA) is 77.3 Å². The second-order valence-electron chi connectivity index (χ2n) is 4.83. The first-order valence-corrected chi connectivity index (χ1v) is 7.40.